The van der Waals surface area contributed by atoms with Crippen molar-refractivity contribution in [1.82, 2.24) is 9.80 Å². The molecule has 0 bridgehead atoms. The first-order chi connectivity index (χ1) is 11.9. The summed E-state index contributed by atoms with van der Waals surface area (Å²) in [5.41, 5.74) is 7.03. The summed E-state index contributed by atoms with van der Waals surface area (Å²) in [6, 6.07) is 6.47. The molecule has 2 unspecified atom stereocenters. The Bertz CT molecular complexity index is 610. The predicted molar refractivity (Wildman–Crippen MR) is 113 cm³/mol. The number of nitrogens with zero attached hydrogens (tertiary/aromatic N) is 3. The summed E-state index contributed by atoms with van der Waals surface area (Å²) in [7, 11) is 0. The third-order valence-electron chi connectivity index (χ3n) is 5.77. The van der Waals surface area contributed by atoms with Gasteiger partial charge in [0.25, 0.3) is 0 Å². The summed E-state index contributed by atoms with van der Waals surface area (Å²) >= 11 is 0. The Balaban J connectivity index is 0.00000182. The van der Waals surface area contributed by atoms with Gasteiger partial charge in [-0.05, 0) is 56.1 Å². The molecule has 0 aromatic heterocycles. The Morgan fingerprint density at radius 3 is 2.26 bits per heavy atom. The number of halogens is 3. The quantitative estimate of drug-likeness (QED) is 0.811. The normalized spacial score (nSPS) is 24.1. The van der Waals surface area contributed by atoms with Gasteiger partial charge in [-0.2, -0.15) is 0 Å². The van der Waals surface area contributed by atoms with Crippen LogP contribution in [-0.4, -0.2) is 67.6 Å². The van der Waals surface area contributed by atoms with Crippen molar-refractivity contribution in [2.45, 2.75) is 26.3 Å². The van der Waals surface area contributed by atoms with Crippen LogP contribution >= 0.6 is 24.8 Å². The molecule has 27 heavy (non-hydrogen) atoms. The summed E-state index contributed by atoms with van der Waals surface area (Å²) in [6.07, 6.45) is 1.06. The van der Waals surface area contributed by atoms with Gasteiger partial charge in [0, 0.05) is 38.4 Å². The van der Waals surface area contributed by atoms with Crippen molar-refractivity contribution in [1.29, 1.82) is 0 Å². The number of likely N-dealkylation sites (tertiary alicyclic amines) is 1. The molecule has 8 heteroatoms. The third-order valence-corrected chi connectivity index (χ3v) is 5.77. The SMILES string of the molecule is CC(C(=O)N1CCN(c2ccc(F)cc2)CC1)N1CCC(C)(CN)C1.Cl.Cl. The van der Waals surface area contributed by atoms with Gasteiger partial charge >= 0.3 is 0 Å². The Kier molecular flexibility index (Phi) is 8.80. The zero-order valence-electron chi connectivity index (χ0n) is 16.1. The zero-order valence-corrected chi connectivity index (χ0v) is 17.7. The van der Waals surface area contributed by atoms with Crippen molar-refractivity contribution in [2.75, 3.05) is 50.7 Å². The summed E-state index contributed by atoms with van der Waals surface area (Å²) in [4.78, 5) is 19.3. The van der Waals surface area contributed by atoms with Crippen LogP contribution in [0.2, 0.25) is 0 Å². The summed E-state index contributed by atoms with van der Waals surface area (Å²) < 4.78 is 13.1. The molecular formula is C19H31Cl2FN4O. The number of anilines is 1. The number of hydrogen-bond donors (Lipinski definition) is 1. The average molecular weight is 421 g/mol. The van der Waals surface area contributed by atoms with Crippen molar-refractivity contribution in [3.63, 3.8) is 0 Å². The van der Waals surface area contributed by atoms with Crippen LogP contribution in [0.15, 0.2) is 24.3 Å². The number of hydrogen-bond acceptors (Lipinski definition) is 4. The van der Waals surface area contributed by atoms with Crippen molar-refractivity contribution in [3.8, 4) is 0 Å². The minimum atomic E-state index is -0.221. The maximum Gasteiger partial charge on any atom is 0.239 e. The first kappa shape index (κ1) is 24.0. The molecule has 0 aliphatic carbocycles. The van der Waals surface area contributed by atoms with E-state index in [9.17, 15) is 9.18 Å². The molecule has 0 saturated carbocycles. The lowest BCUT2D eigenvalue weighted by Crippen LogP contribution is -2.54. The lowest BCUT2D eigenvalue weighted by atomic mass is 9.90. The summed E-state index contributed by atoms with van der Waals surface area (Å²) in [6.45, 7) is 9.70. The first-order valence-electron chi connectivity index (χ1n) is 9.15. The first-order valence-corrected chi connectivity index (χ1v) is 9.15. The van der Waals surface area contributed by atoms with Crippen LogP contribution < -0.4 is 10.6 Å². The number of carbonyl (C=O) groups is 1. The molecule has 2 aliphatic heterocycles. The Hall–Kier alpha value is -1.08. The van der Waals surface area contributed by atoms with E-state index in [1.165, 1.54) is 12.1 Å². The van der Waals surface area contributed by atoms with Crippen molar-refractivity contribution in [3.05, 3.63) is 30.1 Å². The maximum atomic E-state index is 13.1. The van der Waals surface area contributed by atoms with Gasteiger partial charge in [-0.15, -0.1) is 24.8 Å². The number of rotatable bonds is 4. The molecule has 0 radical (unpaired) electrons. The molecule has 2 heterocycles. The monoisotopic (exact) mass is 420 g/mol. The van der Waals surface area contributed by atoms with E-state index in [-0.39, 0.29) is 48.0 Å². The fourth-order valence-corrected chi connectivity index (χ4v) is 3.82. The number of benzene rings is 1. The third kappa shape index (κ3) is 5.47. The van der Waals surface area contributed by atoms with Gasteiger partial charge in [0.05, 0.1) is 6.04 Å². The maximum absolute atomic E-state index is 13.1. The highest BCUT2D eigenvalue weighted by Gasteiger charge is 2.38. The van der Waals surface area contributed by atoms with E-state index in [2.05, 4.69) is 16.7 Å². The Morgan fingerprint density at radius 1 is 1.15 bits per heavy atom. The van der Waals surface area contributed by atoms with E-state index in [1.807, 2.05) is 11.8 Å². The molecule has 1 aromatic rings. The molecule has 2 atom stereocenters. The molecule has 1 aromatic carbocycles. The highest BCUT2D eigenvalue weighted by atomic mass is 35.5. The number of carbonyl (C=O) groups excluding carboxylic acids is 1. The largest absolute Gasteiger partial charge is 0.368 e. The highest BCUT2D eigenvalue weighted by molar-refractivity contribution is 5.85. The van der Waals surface area contributed by atoms with Gasteiger partial charge in [-0.3, -0.25) is 9.69 Å². The number of piperazine rings is 1. The van der Waals surface area contributed by atoms with E-state index >= 15 is 0 Å². The van der Waals surface area contributed by atoms with E-state index in [4.69, 9.17) is 5.73 Å². The van der Waals surface area contributed by atoms with Crippen LogP contribution in [0, 0.1) is 11.2 Å². The smallest absolute Gasteiger partial charge is 0.239 e. The fourth-order valence-electron chi connectivity index (χ4n) is 3.82. The van der Waals surface area contributed by atoms with Crippen LogP contribution in [0.4, 0.5) is 10.1 Å². The molecule has 2 aliphatic rings. The zero-order chi connectivity index (χ0) is 18.0. The van der Waals surface area contributed by atoms with Crippen LogP contribution in [-0.2, 0) is 4.79 Å². The molecule has 2 saturated heterocycles. The molecular weight excluding hydrogens is 390 g/mol. The summed E-state index contributed by atoms with van der Waals surface area (Å²) in [5, 5.41) is 0. The second kappa shape index (κ2) is 9.92. The van der Waals surface area contributed by atoms with Gasteiger partial charge in [-0.25, -0.2) is 4.39 Å². The van der Waals surface area contributed by atoms with Crippen molar-refractivity contribution in [2.24, 2.45) is 11.1 Å². The topological polar surface area (TPSA) is 52.8 Å². The van der Waals surface area contributed by atoms with Gasteiger partial charge < -0.3 is 15.5 Å². The van der Waals surface area contributed by atoms with Crippen LogP contribution in [0.1, 0.15) is 20.3 Å². The highest BCUT2D eigenvalue weighted by Crippen LogP contribution is 2.30. The molecule has 1 amide bonds. The Morgan fingerprint density at radius 2 is 1.74 bits per heavy atom. The van der Waals surface area contributed by atoms with Crippen LogP contribution in [0.5, 0.6) is 0 Å². The second-order valence-electron chi connectivity index (χ2n) is 7.70. The van der Waals surface area contributed by atoms with Gasteiger partial charge in [0.15, 0.2) is 0 Å². The molecule has 154 valence electrons. The van der Waals surface area contributed by atoms with E-state index in [0.717, 1.165) is 38.3 Å². The van der Waals surface area contributed by atoms with Gasteiger partial charge in [-0.1, -0.05) is 6.92 Å². The van der Waals surface area contributed by atoms with E-state index in [1.54, 1.807) is 12.1 Å². The predicted octanol–water partition coefficient (Wildman–Crippen LogP) is 2.38. The van der Waals surface area contributed by atoms with Gasteiger partial charge in [0.1, 0.15) is 5.82 Å². The lowest BCUT2D eigenvalue weighted by molar-refractivity contribution is -0.136. The van der Waals surface area contributed by atoms with Crippen molar-refractivity contribution < 1.29 is 9.18 Å². The average Bonchev–Trinajstić information content (AvgIpc) is 3.04. The van der Waals surface area contributed by atoms with Crippen molar-refractivity contribution >= 4 is 36.4 Å². The fraction of sp³-hybridized carbons (Fsp3) is 0.632. The van der Waals surface area contributed by atoms with E-state index in [0.29, 0.717) is 19.6 Å². The van der Waals surface area contributed by atoms with E-state index < -0.39 is 0 Å². The number of amides is 1. The Labute approximate surface area is 173 Å². The minimum absolute atomic E-state index is 0. The van der Waals surface area contributed by atoms with Crippen LogP contribution in [0.25, 0.3) is 0 Å². The lowest BCUT2D eigenvalue weighted by Gasteiger charge is -2.38. The van der Waals surface area contributed by atoms with Gasteiger partial charge in [0.2, 0.25) is 5.91 Å². The van der Waals surface area contributed by atoms with Crippen LogP contribution in [0.3, 0.4) is 0 Å². The molecule has 5 nitrogen and oxygen atoms in total. The second-order valence-corrected chi connectivity index (χ2v) is 7.70. The molecule has 3 rings (SSSR count). The molecule has 2 N–H and O–H groups in total. The minimum Gasteiger partial charge on any atom is -0.368 e. The standard InChI is InChI=1S/C19H29FN4O.2ClH/c1-15(24-8-7-19(2,13-21)14-24)18(25)23-11-9-22(10-12-23)17-5-3-16(20)4-6-17;;/h3-6,15H,7-14,21H2,1-2H3;2*1H. The molecule has 2 fully saturated rings. The number of nitrogens with two attached hydrogens (primary N) is 1. The summed E-state index contributed by atoms with van der Waals surface area (Å²) in [5.74, 6) is -0.0125. The molecule has 0 spiro atoms.